The maximum Gasteiger partial charge on any atom is 0.341 e. The number of hydrogen-bond acceptors (Lipinski definition) is 5. The van der Waals surface area contributed by atoms with E-state index in [4.69, 9.17) is 15.2 Å². The summed E-state index contributed by atoms with van der Waals surface area (Å²) in [7, 11) is 1.33. The predicted octanol–water partition coefficient (Wildman–Crippen LogP) is 3.46. The van der Waals surface area contributed by atoms with Gasteiger partial charge in [0.05, 0.1) is 7.11 Å². The van der Waals surface area contributed by atoms with E-state index in [1.54, 1.807) is 29.5 Å². The molecule has 0 saturated heterocycles. The highest BCUT2D eigenvalue weighted by Crippen LogP contribution is 2.26. The monoisotopic (exact) mass is 341 g/mol. The van der Waals surface area contributed by atoms with Gasteiger partial charge in [0.1, 0.15) is 17.9 Å². The lowest BCUT2D eigenvalue weighted by atomic mass is 10.2. The van der Waals surface area contributed by atoms with Crippen molar-refractivity contribution in [3.63, 3.8) is 0 Å². The highest BCUT2D eigenvalue weighted by molar-refractivity contribution is 9.10. The van der Waals surface area contributed by atoms with Crippen LogP contribution in [0.2, 0.25) is 0 Å². The first-order chi connectivity index (χ1) is 9.10. The standard InChI is InChI=1S/C13H12BrNO3S/c1-17-13(16)11-3-2-9(15)5-12(11)18-6-10-4-8(14)7-19-10/h2-5,7H,6,15H2,1H3. The van der Waals surface area contributed by atoms with Crippen LogP contribution in [0.3, 0.4) is 0 Å². The molecule has 1 heterocycles. The van der Waals surface area contributed by atoms with E-state index in [2.05, 4.69) is 15.9 Å². The molecule has 0 aliphatic heterocycles. The fourth-order valence-corrected chi connectivity index (χ4v) is 2.88. The van der Waals surface area contributed by atoms with E-state index in [-0.39, 0.29) is 0 Å². The zero-order valence-corrected chi connectivity index (χ0v) is 12.6. The topological polar surface area (TPSA) is 61.5 Å². The molecule has 19 heavy (non-hydrogen) atoms. The third-order valence-corrected chi connectivity index (χ3v) is 4.07. The van der Waals surface area contributed by atoms with Crippen LogP contribution >= 0.6 is 27.3 Å². The molecule has 0 unspecified atom stereocenters. The number of nitrogen functional groups attached to an aromatic ring is 1. The molecule has 0 radical (unpaired) electrons. The summed E-state index contributed by atoms with van der Waals surface area (Å²) in [5, 5.41) is 1.97. The Morgan fingerprint density at radius 1 is 1.42 bits per heavy atom. The van der Waals surface area contributed by atoms with Gasteiger partial charge in [0.25, 0.3) is 0 Å². The SMILES string of the molecule is COC(=O)c1ccc(N)cc1OCc1cc(Br)cs1. The van der Waals surface area contributed by atoms with Crippen molar-refractivity contribution in [2.75, 3.05) is 12.8 Å². The van der Waals surface area contributed by atoms with E-state index in [0.29, 0.717) is 23.6 Å². The van der Waals surface area contributed by atoms with E-state index in [0.717, 1.165) is 9.35 Å². The molecule has 0 spiro atoms. The molecule has 2 aromatic rings. The van der Waals surface area contributed by atoms with Crippen LogP contribution in [0.1, 0.15) is 15.2 Å². The Bertz CT molecular complexity index is 597. The number of anilines is 1. The van der Waals surface area contributed by atoms with Gasteiger partial charge in [0.2, 0.25) is 0 Å². The fourth-order valence-electron chi connectivity index (χ4n) is 1.52. The average Bonchev–Trinajstić information content (AvgIpc) is 2.81. The number of ether oxygens (including phenoxy) is 2. The number of rotatable bonds is 4. The van der Waals surface area contributed by atoms with Gasteiger partial charge >= 0.3 is 5.97 Å². The van der Waals surface area contributed by atoms with Crippen LogP contribution in [0.5, 0.6) is 5.75 Å². The normalized spacial score (nSPS) is 10.2. The van der Waals surface area contributed by atoms with Crippen molar-refractivity contribution in [1.29, 1.82) is 0 Å². The van der Waals surface area contributed by atoms with E-state index in [1.165, 1.54) is 7.11 Å². The number of halogens is 1. The highest BCUT2D eigenvalue weighted by Gasteiger charge is 2.13. The lowest BCUT2D eigenvalue weighted by molar-refractivity contribution is 0.0595. The summed E-state index contributed by atoms with van der Waals surface area (Å²) in [4.78, 5) is 12.7. The van der Waals surface area contributed by atoms with Crippen molar-refractivity contribution < 1.29 is 14.3 Å². The first-order valence-corrected chi connectivity index (χ1v) is 7.11. The molecule has 1 aromatic heterocycles. The van der Waals surface area contributed by atoms with Gasteiger partial charge in [-0.05, 0) is 34.1 Å². The van der Waals surface area contributed by atoms with Gasteiger partial charge in [-0.2, -0.15) is 0 Å². The minimum absolute atomic E-state index is 0.368. The molecular formula is C13H12BrNO3S. The van der Waals surface area contributed by atoms with Crippen molar-refractivity contribution in [2.24, 2.45) is 0 Å². The average molecular weight is 342 g/mol. The molecule has 2 rings (SSSR count). The Kier molecular flexibility index (Phi) is 4.44. The van der Waals surface area contributed by atoms with Gasteiger partial charge < -0.3 is 15.2 Å². The number of esters is 1. The summed E-state index contributed by atoms with van der Waals surface area (Å²) in [6.07, 6.45) is 0. The minimum Gasteiger partial charge on any atom is -0.487 e. The Labute approximate surface area is 123 Å². The van der Waals surface area contributed by atoms with Crippen molar-refractivity contribution in [2.45, 2.75) is 6.61 Å². The molecule has 6 heteroatoms. The fraction of sp³-hybridized carbons (Fsp3) is 0.154. The Balaban J connectivity index is 2.18. The lowest BCUT2D eigenvalue weighted by Gasteiger charge is -2.10. The van der Waals surface area contributed by atoms with E-state index < -0.39 is 5.97 Å². The van der Waals surface area contributed by atoms with E-state index >= 15 is 0 Å². The highest BCUT2D eigenvalue weighted by atomic mass is 79.9. The molecular weight excluding hydrogens is 330 g/mol. The summed E-state index contributed by atoms with van der Waals surface area (Å²) >= 11 is 4.95. The predicted molar refractivity (Wildman–Crippen MR) is 78.5 cm³/mol. The molecule has 4 nitrogen and oxygen atoms in total. The molecule has 0 fully saturated rings. The number of nitrogens with two attached hydrogens (primary N) is 1. The Morgan fingerprint density at radius 3 is 2.84 bits per heavy atom. The van der Waals surface area contributed by atoms with Crippen LogP contribution in [-0.2, 0) is 11.3 Å². The smallest absolute Gasteiger partial charge is 0.341 e. The molecule has 0 aliphatic carbocycles. The zero-order chi connectivity index (χ0) is 13.8. The maximum atomic E-state index is 11.6. The van der Waals surface area contributed by atoms with Gasteiger partial charge in [-0.15, -0.1) is 11.3 Å². The van der Waals surface area contributed by atoms with Gasteiger partial charge in [-0.3, -0.25) is 0 Å². The zero-order valence-electron chi connectivity index (χ0n) is 10.2. The second kappa shape index (κ2) is 6.08. The van der Waals surface area contributed by atoms with Gasteiger partial charge in [-0.1, -0.05) is 0 Å². The van der Waals surface area contributed by atoms with Gasteiger partial charge in [0.15, 0.2) is 0 Å². The first kappa shape index (κ1) is 13.9. The van der Waals surface area contributed by atoms with Crippen LogP contribution in [-0.4, -0.2) is 13.1 Å². The summed E-state index contributed by atoms with van der Waals surface area (Å²) in [5.74, 6) is -0.0151. The lowest BCUT2D eigenvalue weighted by Crippen LogP contribution is -2.06. The van der Waals surface area contributed by atoms with Crippen LogP contribution in [0, 0.1) is 0 Å². The second-order valence-corrected chi connectivity index (χ2v) is 5.68. The molecule has 0 saturated carbocycles. The Morgan fingerprint density at radius 2 is 2.21 bits per heavy atom. The number of thiophene rings is 1. The third kappa shape index (κ3) is 3.48. The molecule has 0 atom stereocenters. The van der Waals surface area contributed by atoms with Gasteiger partial charge in [0, 0.05) is 26.5 Å². The van der Waals surface area contributed by atoms with Crippen molar-refractivity contribution >= 4 is 38.9 Å². The molecule has 100 valence electrons. The maximum absolute atomic E-state index is 11.6. The van der Waals surface area contributed by atoms with Gasteiger partial charge in [-0.25, -0.2) is 4.79 Å². The summed E-state index contributed by atoms with van der Waals surface area (Å²) in [6.45, 7) is 0.379. The number of carbonyl (C=O) groups is 1. The molecule has 0 aliphatic rings. The van der Waals surface area contributed by atoms with Crippen LogP contribution in [0.4, 0.5) is 5.69 Å². The largest absolute Gasteiger partial charge is 0.487 e. The van der Waals surface area contributed by atoms with E-state index in [9.17, 15) is 4.79 Å². The third-order valence-electron chi connectivity index (χ3n) is 2.40. The quantitative estimate of drug-likeness (QED) is 0.683. The minimum atomic E-state index is -0.442. The first-order valence-electron chi connectivity index (χ1n) is 5.43. The molecule has 2 N–H and O–H groups in total. The molecule has 0 bridgehead atoms. The van der Waals surface area contributed by atoms with Crippen LogP contribution < -0.4 is 10.5 Å². The molecule has 0 amide bonds. The summed E-state index contributed by atoms with van der Waals surface area (Å²) in [5.41, 5.74) is 6.61. The number of benzene rings is 1. The summed E-state index contributed by atoms with van der Waals surface area (Å²) < 4.78 is 11.4. The number of methoxy groups -OCH3 is 1. The number of hydrogen-bond donors (Lipinski definition) is 1. The van der Waals surface area contributed by atoms with E-state index in [1.807, 2.05) is 11.4 Å². The Hall–Kier alpha value is -1.53. The van der Waals surface area contributed by atoms with Crippen molar-refractivity contribution in [3.05, 3.63) is 44.6 Å². The number of carbonyl (C=O) groups excluding carboxylic acids is 1. The molecule has 1 aromatic carbocycles. The summed E-state index contributed by atoms with van der Waals surface area (Å²) in [6, 6.07) is 6.82. The van der Waals surface area contributed by atoms with Crippen molar-refractivity contribution in [1.82, 2.24) is 0 Å². The van der Waals surface area contributed by atoms with Crippen LogP contribution in [0.25, 0.3) is 0 Å². The van der Waals surface area contributed by atoms with Crippen molar-refractivity contribution in [3.8, 4) is 5.75 Å². The van der Waals surface area contributed by atoms with Crippen LogP contribution in [0.15, 0.2) is 34.1 Å². The second-order valence-electron chi connectivity index (χ2n) is 3.77.